The van der Waals surface area contributed by atoms with Gasteiger partial charge in [0.15, 0.2) is 0 Å². The third-order valence-electron chi connectivity index (χ3n) is 4.57. The highest BCUT2D eigenvalue weighted by molar-refractivity contribution is 14.2. The summed E-state index contributed by atoms with van der Waals surface area (Å²) in [7, 11) is -3.26. The van der Waals surface area contributed by atoms with Crippen molar-refractivity contribution in [2.75, 3.05) is 13.1 Å². The Morgan fingerprint density at radius 3 is 2.36 bits per heavy atom. The quantitative estimate of drug-likeness (QED) is 0.358. The van der Waals surface area contributed by atoms with Crippen molar-refractivity contribution < 1.29 is 22.7 Å². The van der Waals surface area contributed by atoms with Gasteiger partial charge in [-0.3, -0.25) is 10.1 Å². The van der Waals surface area contributed by atoms with E-state index >= 15 is 0 Å². The lowest BCUT2D eigenvalue weighted by Crippen LogP contribution is -2.38. The topological polar surface area (TPSA) is 105 Å². The Morgan fingerprint density at radius 1 is 1.18 bits per heavy atom. The number of halogens is 1. The molecule has 1 heterocycles. The van der Waals surface area contributed by atoms with Crippen LogP contribution in [0.25, 0.3) is 6.08 Å². The Balaban J connectivity index is 2.48. The van der Waals surface area contributed by atoms with E-state index in [1.807, 2.05) is 13.8 Å². The molecule has 182 valence electrons. The van der Waals surface area contributed by atoms with Crippen molar-refractivity contribution in [3.63, 3.8) is 0 Å². The van der Waals surface area contributed by atoms with E-state index < -0.39 is 18.7 Å². The first kappa shape index (κ1) is 27.3. The molecule has 0 atom stereocenters. The number of benzene rings is 1. The predicted octanol–water partition coefficient (Wildman–Crippen LogP) is 4.94. The molecule has 0 saturated heterocycles. The van der Waals surface area contributed by atoms with Gasteiger partial charge in [0.1, 0.15) is 11.4 Å². The van der Waals surface area contributed by atoms with Crippen molar-refractivity contribution >= 4 is 57.8 Å². The molecule has 10 heteroatoms. The van der Waals surface area contributed by atoms with Crippen LogP contribution in [0.1, 0.15) is 65.0 Å². The summed E-state index contributed by atoms with van der Waals surface area (Å²) in [4.78, 5) is 32.1. The number of amides is 2. The van der Waals surface area contributed by atoms with Crippen LogP contribution in [0.4, 0.5) is 10.5 Å². The van der Waals surface area contributed by atoms with Gasteiger partial charge >= 0.3 is 6.09 Å². The number of carbonyl (C=O) groups excluding carboxylic acids is 2. The summed E-state index contributed by atoms with van der Waals surface area (Å²) in [5.74, 6) is 0.0238. The van der Waals surface area contributed by atoms with Crippen molar-refractivity contribution in [2.24, 2.45) is 4.99 Å². The summed E-state index contributed by atoms with van der Waals surface area (Å²) in [6.45, 7) is 10.6. The molecule has 0 unspecified atom stereocenters. The van der Waals surface area contributed by atoms with Crippen LogP contribution in [0.3, 0.4) is 0 Å². The van der Waals surface area contributed by atoms with Crippen LogP contribution in [0.15, 0.2) is 28.8 Å². The number of ether oxygens (including phenoxy) is 1. The lowest BCUT2D eigenvalue weighted by Gasteiger charge is -2.23. The van der Waals surface area contributed by atoms with Crippen LogP contribution in [0, 0.1) is 0 Å². The van der Waals surface area contributed by atoms with Gasteiger partial charge in [-0.15, -0.1) is 0 Å². The number of nitrogens with one attached hydrogen (secondary N) is 1. The normalized spacial score (nSPS) is 13.9. The molecule has 1 aromatic carbocycles. The van der Waals surface area contributed by atoms with Gasteiger partial charge in [0.25, 0.3) is 0 Å². The van der Waals surface area contributed by atoms with E-state index in [0.717, 1.165) is 12.8 Å². The van der Waals surface area contributed by atoms with Gasteiger partial charge < -0.3 is 9.64 Å². The number of nitrogens with zero attached hydrogens (tertiary/aromatic N) is 2. The monoisotopic (exact) mass is 589 g/mol. The number of hydrogen-bond acceptors (Lipinski definition) is 6. The van der Waals surface area contributed by atoms with Crippen molar-refractivity contribution in [3.8, 4) is 0 Å². The molecule has 1 N–H and O–H groups in total. The van der Waals surface area contributed by atoms with Crippen LogP contribution in [-0.2, 0) is 22.3 Å². The highest BCUT2D eigenvalue weighted by atomic mass is 127. The van der Waals surface area contributed by atoms with Crippen LogP contribution in [0.5, 0.6) is 0 Å². The smallest absolute Gasteiger partial charge is 0.413 e. The molecular weight excluding hydrogens is 557 g/mol. The van der Waals surface area contributed by atoms with Crippen LogP contribution in [-0.4, -0.2) is 49.8 Å². The third kappa shape index (κ3) is 9.07. The van der Waals surface area contributed by atoms with Crippen molar-refractivity contribution in [1.29, 1.82) is 0 Å². The summed E-state index contributed by atoms with van der Waals surface area (Å²) >= 11 is 1.41. The molecule has 0 radical (unpaired) electrons. The number of rotatable bonds is 7. The van der Waals surface area contributed by atoms with E-state index in [1.54, 1.807) is 49.9 Å². The number of aliphatic imine (C=N–C) groups is 1. The van der Waals surface area contributed by atoms with E-state index in [-0.39, 0.29) is 23.9 Å². The first-order valence-corrected chi connectivity index (χ1v) is 15.1. The first-order valence-electron chi connectivity index (χ1n) is 10.9. The molecule has 2 rings (SSSR count). The highest BCUT2D eigenvalue weighted by Gasteiger charge is 2.24. The second-order valence-electron chi connectivity index (χ2n) is 8.90. The van der Waals surface area contributed by atoms with Gasteiger partial charge in [0.05, 0.1) is 32.6 Å². The Labute approximate surface area is 208 Å². The van der Waals surface area contributed by atoms with Gasteiger partial charge in [-0.1, -0.05) is 26.0 Å². The molecule has 1 aliphatic rings. The zero-order chi connectivity index (χ0) is 24.8. The van der Waals surface area contributed by atoms with E-state index in [0.29, 0.717) is 35.5 Å². The molecule has 1 aromatic rings. The van der Waals surface area contributed by atoms with Gasteiger partial charge in [-0.05, 0) is 51.3 Å². The number of amidine groups is 1. The van der Waals surface area contributed by atoms with Gasteiger partial charge in [0.2, 0.25) is 12.9 Å². The molecule has 0 spiro atoms. The molecule has 0 fully saturated rings. The average Bonchev–Trinajstić information content (AvgIpc) is 2.83. The maximum absolute atomic E-state index is 13.3. The van der Waals surface area contributed by atoms with Gasteiger partial charge in [-0.25, -0.2) is 18.2 Å². The Kier molecular flexibility index (Phi) is 9.48. The van der Waals surface area contributed by atoms with E-state index in [4.69, 9.17) is 4.74 Å². The summed E-state index contributed by atoms with van der Waals surface area (Å²) in [5, 5.41) is 2.67. The van der Waals surface area contributed by atoms with Crippen LogP contribution >= 0.6 is 21.2 Å². The lowest BCUT2D eigenvalue weighted by atomic mass is 10.0. The van der Waals surface area contributed by atoms with Gasteiger partial charge in [-0.2, -0.15) is 0 Å². The van der Waals surface area contributed by atoms with Crippen molar-refractivity contribution in [3.05, 3.63) is 34.9 Å². The van der Waals surface area contributed by atoms with Crippen molar-refractivity contribution in [2.45, 2.75) is 65.2 Å². The lowest BCUT2D eigenvalue weighted by molar-refractivity contribution is -0.127. The molecule has 0 aliphatic carbocycles. The van der Waals surface area contributed by atoms with Crippen molar-refractivity contribution in [1.82, 2.24) is 10.2 Å². The highest BCUT2D eigenvalue weighted by Crippen LogP contribution is 2.30. The number of fused-ring (bicyclic) bond motifs is 1. The first-order chi connectivity index (χ1) is 15.3. The molecular formula is C23H32IN3O5S. The molecule has 0 saturated carbocycles. The Morgan fingerprint density at radius 2 is 1.82 bits per heavy atom. The van der Waals surface area contributed by atoms with E-state index in [2.05, 4.69) is 10.3 Å². The number of carbonyl (C=O) groups is 2. The summed E-state index contributed by atoms with van der Waals surface area (Å²) in [6.07, 6.45) is 2.89. The fourth-order valence-electron chi connectivity index (χ4n) is 3.39. The van der Waals surface area contributed by atoms with Gasteiger partial charge in [0, 0.05) is 30.6 Å². The largest absolute Gasteiger partial charge is 0.444 e. The van der Waals surface area contributed by atoms with E-state index in [1.165, 1.54) is 21.2 Å². The molecule has 33 heavy (non-hydrogen) atoms. The number of alkyl carbamates (subject to hydrolysis) is 1. The summed E-state index contributed by atoms with van der Waals surface area (Å²) in [5.41, 5.74) is 1.55. The fourth-order valence-corrected chi connectivity index (χ4v) is 5.05. The molecule has 1 aliphatic heterocycles. The van der Waals surface area contributed by atoms with Crippen LogP contribution in [0.2, 0.25) is 0 Å². The molecule has 0 aromatic heterocycles. The molecule has 2 amide bonds. The second kappa shape index (κ2) is 11.5. The average molecular weight is 589 g/mol. The minimum absolute atomic E-state index is 0.107. The minimum Gasteiger partial charge on any atom is -0.444 e. The maximum atomic E-state index is 13.3. The summed E-state index contributed by atoms with van der Waals surface area (Å²) in [6, 6.07) is 5.14. The predicted molar refractivity (Wildman–Crippen MR) is 139 cm³/mol. The molecule has 0 bridgehead atoms. The fraction of sp³-hybridized carbons (Fsp3) is 0.522. The second-order valence-corrected chi connectivity index (χ2v) is 14.3. The zero-order valence-electron chi connectivity index (χ0n) is 19.8. The molecule has 8 nitrogen and oxygen atoms in total. The van der Waals surface area contributed by atoms with Crippen LogP contribution < -0.4 is 5.32 Å². The standard InChI is InChI=1S/C23H32IN3O5S/c1-6-10-27(11-7-2)21(28)18-13-17-9-8-16(15-33(24,30)31)12-19(17)25-20(14-18)26-22(29)32-23(3,4)5/h8-9,12-13H,6-7,10-11,14-15H2,1-5H3,(H,25,26,29). The zero-order valence-corrected chi connectivity index (χ0v) is 22.7. The maximum Gasteiger partial charge on any atom is 0.413 e. The Hall–Kier alpha value is -1.95. The number of hydrogen-bond donors (Lipinski definition) is 1. The minimum atomic E-state index is -3.26. The summed E-state index contributed by atoms with van der Waals surface area (Å²) < 4.78 is 28.8. The Bertz CT molecular complexity index is 1050. The van der Waals surface area contributed by atoms with E-state index in [9.17, 15) is 18.0 Å². The third-order valence-corrected chi connectivity index (χ3v) is 6.18. The SMILES string of the molecule is CCCN(CCC)C(=O)C1=Cc2ccc(CS(=O)(=O)I)cc2N=C(NC(=O)OC(C)(C)C)C1.